The van der Waals surface area contributed by atoms with Crippen LogP contribution < -0.4 is 0 Å². The summed E-state index contributed by atoms with van der Waals surface area (Å²) in [6, 6.07) is -0.703. The molecule has 2 aromatic heterocycles. The molecule has 11 atom stereocenters. The minimum atomic E-state index is -1.30. The molecule has 3 saturated heterocycles. The van der Waals surface area contributed by atoms with Gasteiger partial charge in [-0.05, 0) is 63.7 Å². The summed E-state index contributed by atoms with van der Waals surface area (Å²) in [5.74, 6) is -3.72. The van der Waals surface area contributed by atoms with Crippen LogP contribution in [-0.4, -0.2) is 102 Å². The van der Waals surface area contributed by atoms with Crippen molar-refractivity contribution in [1.29, 1.82) is 0 Å². The first kappa shape index (κ1) is 42.4. The van der Waals surface area contributed by atoms with Crippen molar-refractivity contribution in [3.05, 3.63) is 31.1 Å². The Bertz CT molecular complexity index is 1650. The molecule has 1 amide bonds. The summed E-state index contributed by atoms with van der Waals surface area (Å²) in [6.07, 6.45) is 7.16. The Labute approximate surface area is 325 Å². The number of esters is 1. The maximum absolute atomic E-state index is 14.4. The lowest BCUT2D eigenvalue weighted by Crippen LogP contribution is -2.56. The van der Waals surface area contributed by atoms with Crippen molar-refractivity contribution in [2.45, 2.75) is 156 Å². The van der Waals surface area contributed by atoms with Crippen molar-refractivity contribution in [2.24, 2.45) is 29.1 Å². The molecule has 3 aliphatic rings. The van der Waals surface area contributed by atoms with Crippen molar-refractivity contribution in [3.8, 4) is 11.4 Å². The number of ketones is 2. The first-order valence-electron chi connectivity index (χ1n) is 20.1. The Balaban J connectivity index is 1.40. The molecule has 3 fully saturated rings. The number of aliphatic hydroxyl groups excluding tert-OH is 1. The molecule has 0 spiro atoms. The van der Waals surface area contributed by atoms with Gasteiger partial charge in [0.05, 0.1) is 30.8 Å². The van der Waals surface area contributed by atoms with Gasteiger partial charge in [0.1, 0.15) is 35.3 Å². The number of carbonyl (C=O) groups excluding carboxylic acids is 4. The number of unbranched alkanes of at least 4 members (excludes halogenated alkanes) is 1. The number of aromatic nitrogens is 4. The van der Waals surface area contributed by atoms with Crippen molar-refractivity contribution in [2.75, 3.05) is 6.54 Å². The van der Waals surface area contributed by atoms with E-state index in [-0.39, 0.29) is 30.0 Å². The molecule has 5 rings (SSSR count). The van der Waals surface area contributed by atoms with Gasteiger partial charge in [0.15, 0.2) is 17.7 Å². The topological polar surface area (TPSA) is 172 Å². The molecule has 55 heavy (non-hydrogen) atoms. The van der Waals surface area contributed by atoms with Gasteiger partial charge in [-0.25, -0.2) is 9.78 Å². The molecule has 2 aromatic rings. The number of hydrogen-bond acceptors (Lipinski definition) is 12. The minimum Gasteiger partial charge on any atom is -0.457 e. The fourth-order valence-corrected chi connectivity index (χ4v) is 9.02. The highest BCUT2D eigenvalue weighted by Gasteiger charge is 2.59. The summed E-state index contributed by atoms with van der Waals surface area (Å²) in [7, 11) is 0. The standard InChI is InChI=1S/C41H61N5O9/c1-10-33-41(11-2)32(46(39(51)55-41)17-13-12-16-45-22-30(44-23-45)29-21-42-14-15-43-29)19-31(47)25(4)20-40(8,9)36(27(6)35(49)28(7)37(50)53-33)54-38-34(48)24(3)18-26(5)52-38/h14-15,21-28,32-34,36,38,48H,10-13,16-20H2,1-9H3/t24-,25+,26+,27-,28+,32+,33+,34+,36+,38?,41-/m0/s1. The molecule has 0 bridgehead atoms. The van der Waals surface area contributed by atoms with Gasteiger partial charge in [0.2, 0.25) is 0 Å². The van der Waals surface area contributed by atoms with Crippen LogP contribution in [0.2, 0.25) is 0 Å². The normalized spacial score (nSPS) is 34.8. The largest absolute Gasteiger partial charge is 0.457 e. The number of Topliss-reactive ketones (excluding diaryl/α,β-unsaturated/α-hetero) is 2. The minimum absolute atomic E-state index is 0.00289. The fourth-order valence-electron chi connectivity index (χ4n) is 9.02. The van der Waals surface area contributed by atoms with Crippen molar-refractivity contribution in [3.63, 3.8) is 0 Å². The number of rotatable bonds is 10. The Morgan fingerprint density at radius 2 is 1.71 bits per heavy atom. The van der Waals surface area contributed by atoms with Crippen molar-refractivity contribution < 1.29 is 43.2 Å². The first-order valence-corrected chi connectivity index (χ1v) is 20.1. The number of carbonyl (C=O) groups is 4. The second kappa shape index (κ2) is 17.6. The Hall–Kier alpha value is -3.75. The van der Waals surface area contributed by atoms with E-state index in [9.17, 15) is 24.3 Å². The van der Waals surface area contributed by atoms with Gasteiger partial charge in [-0.3, -0.25) is 24.4 Å². The van der Waals surface area contributed by atoms with Crippen molar-refractivity contribution in [1.82, 2.24) is 24.4 Å². The predicted molar refractivity (Wildman–Crippen MR) is 202 cm³/mol. The fraction of sp³-hybridized carbons (Fsp3) is 0.732. The third-order valence-corrected chi connectivity index (χ3v) is 12.1. The number of nitrogens with zero attached hydrogens (tertiary/aromatic N) is 5. The predicted octanol–water partition coefficient (Wildman–Crippen LogP) is 5.80. The number of amides is 1. The zero-order chi connectivity index (χ0) is 40.2. The number of imidazole rings is 1. The van der Waals surface area contributed by atoms with Crippen LogP contribution in [-0.2, 0) is 39.9 Å². The van der Waals surface area contributed by atoms with Crippen molar-refractivity contribution >= 4 is 23.6 Å². The molecule has 0 radical (unpaired) electrons. The molecule has 0 saturated carbocycles. The lowest BCUT2D eigenvalue weighted by atomic mass is 9.70. The van der Waals surface area contributed by atoms with E-state index < -0.39 is 71.5 Å². The average molecular weight is 768 g/mol. The van der Waals surface area contributed by atoms with Gasteiger partial charge in [0.25, 0.3) is 0 Å². The van der Waals surface area contributed by atoms with Crippen LogP contribution >= 0.6 is 0 Å². The summed E-state index contributed by atoms with van der Waals surface area (Å²) < 4.78 is 26.9. The summed E-state index contributed by atoms with van der Waals surface area (Å²) >= 11 is 0. The second-order valence-electron chi connectivity index (χ2n) is 16.8. The van der Waals surface area contributed by atoms with E-state index in [1.165, 1.54) is 6.92 Å². The first-order chi connectivity index (χ1) is 26.0. The number of hydrogen-bond donors (Lipinski definition) is 1. The molecule has 0 aliphatic carbocycles. The maximum Gasteiger partial charge on any atom is 0.410 e. The van der Waals surface area contributed by atoms with E-state index in [0.717, 1.165) is 0 Å². The van der Waals surface area contributed by atoms with Crippen LogP contribution in [0.15, 0.2) is 31.1 Å². The molecule has 14 nitrogen and oxygen atoms in total. The highest BCUT2D eigenvalue weighted by atomic mass is 16.7. The van der Waals surface area contributed by atoms with Crippen LogP contribution in [0.4, 0.5) is 4.79 Å². The number of ether oxygens (including phenoxy) is 4. The zero-order valence-electron chi connectivity index (χ0n) is 34.0. The smallest absolute Gasteiger partial charge is 0.410 e. The van der Waals surface area contributed by atoms with Gasteiger partial charge in [0, 0.05) is 49.9 Å². The third-order valence-electron chi connectivity index (χ3n) is 12.1. The van der Waals surface area contributed by atoms with Crippen LogP contribution in [0.1, 0.15) is 107 Å². The summed E-state index contributed by atoms with van der Waals surface area (Å²) in [5.41, 5.74) is -0.682. The maximum atomic E-state index is 14.4. The van der Waals surface area contributed by atoms with E-state index in [1.54, 1.807) is 36.7 Å². The molecule has 5 heterocycles. The van der Waals surface area contributed by atoms with Crippen LogP contribution in [0.25, 0.3) is 11.4 Å². The molecule has 3 aliphatic heterocycles. The van der Waals surface area contributed by atoms with Gasteiger partial charge >= 0.3 is 12.1 Å². The number of aryl methyl sites for hydroxylation is 1. The van der Waals surface area contributed by atoms with Gasteiger partial charge in [-0.1, -0.05) is 48.5 Å². The Morgan fingerprint density at radius 1 is 0.982 bits per heavy atom. The van der Waals surface area contributed by atoms with Gasteiger partial charge in [-0.15, -0.1) is 0 Å². The highest BCUT2D eigenvalue weighted by Crippen LogP contribution is 2.44. The van der Waals surface area contributed by atoms with E-state index in [4.69, 9.17) is 18.9 Å². The number of aliphatic hydroxyl groups is 1. The molecular formula is C41H61N5O9. The van der Waals surface area contributed by atoms with Crippen LogP contribution in [0.5, 0.6) is 0 Å². The molecule has 0 aromatic carbocycles. The molecule has 14 heteroatoms. The lowest BCUT2D eigenvalue weighted by Gasteiger charge is -2.45. The second-order valence-corrected chi connectivity index (χ2v) is 16.8. The molecule has 1 unspecified atom stereocenters. The zero-order valence-corrected chi connectivity index (χ0v) is 34.0. The SMILES string of the molecule is CC[C@H]1OC(=O)[C@H](C)C(=O)[C@H](C)[C@@H](OC2O[C@H](C)C[C@H](C)[C@H]2O)C(C)(C)C[C@@H](C)C(=O)C[C@H]2N(CCCCn3cnc(-c4cnccn4)c3)C(=O)O[C@]12CC. The summed E-state index contributed by atoms with van der Waals surface area (Å²) in [4.78, 5) is 70.7. The highest BCUT2D eigenvalue weighted by molar-refractivity contribution is 6.00. The Morgan fingerprint density at radius 3 is 2.38 bits per heavy atom. The summed E-state index contributed by atoms with van der Waals surface area (Å²) in [5, 5.41) is 11.1. The van der Waals surface area contributed by atoms with Gasteiger partial charge < -0.3 is 33.5 Å². The molecule has 1 N–H and O–H groups in total. The van der Waals surface area contributed by atoms with Crippen LogP contribution in [0, 0.1) is 29.1 Å². The van der Waals surface area contributed by atoms with E-state index in [0.29, 0.717) is 63.0 Å². The third kappa shape index (κ3) is 9.12. The lowest BCUT2D eigenvalue weighted by molar-refractivity contribution is -0.284. The Kier molecular flexibility index (Phi) is 13.6. The van der Waals surface area contributed by atoms with Gasteiger partial charge in [-0.2, -0.15) is 0 Å². The number of cyclic esters (lactones) is 1. The average Bonchev–Trinajstić information content (AvgIpc) is 3.74. The monoisotopic (exact) mass is 767 g/mol. The molecule has 304 valence electrons. The van der Waals surface area contributed by atoms with Crippen LogP contribution in [0.3, 0.4) is 0 Å². The molecular weight excluding hydrogens is 706 g/mol. The van der Waals surface area contributed by atoms with E-state index in [2.05, 4.69) is 15.0 Å². The summed E-state index contributed by atoms with van der Waals surface area (Å²) in [6.45, 7) is 17.6. The number of fused-ring (bicyclic) bond motifs is 1. The van der Waals surface area contributed by atoms with E-state index >= 15 is 0 Å². The quantitative estimate of drug-likeness (QED) is 0.175. The van der Waals surface area contributed by atoms with E-state index in [1.807, 2.05) is 59.2 Å².